The lowest BCUT2D eigenvalue weighted by Gasteiger charge is -2.33. The van der Waals surface area contributed by atoms with Gasteiger partial charge < -0.3 is 9.77 Å². The van der Waals surface area contributed by atoms with Crippen LogP contribution in [0.5, 0.6) is 0 Å². The van der Waals surface area contributed by atoms with E-state index in [-0.39, 0.29) is 6.04 Å². The molecule has 0 aliphatic carbocycles. The van der Waals surface area contributed by atoms with Crippen LogP contribution in [0.2, 0.25) is 0 Å². The molecule has 114 valence electrons. The summed E-state index contributed by atoms with van der Waals surface area (Å²) in [6.45, 7) is 10.8. The Morgan fingerprint density at radius 3 is 2.50 bits per heavy atom. The highest BCUT2D eigenvalue weighted by Crippen LogP contribution is 2.28. The van der Waals surface area contributed by atoms with E-state index in [1.165, 1.54) is 5.06 Å². The van der Waals surface area contributed by atoms with Crippen molar-refractivity contribution in [1.82, 2.24) is 24.7 Å². The molecule has 0 radical (unpaired) electrons. The number of fused-ring (bicyclic) bond motifs is 1. The van der Waals surface area contributed by atoms with Crippen LogP contribution < -0.4 is 0 Å². The fraction of sp³-hybridized carbons (Fsp3) is 0.857. The summed E-state index contributed by atoms with van der Waals surface area (Å²) in [5.41, 5.74) is 0. The second-order valence-corrected chi connectivity index (χ2v) is 6.42. The molecule has 1 aromatic rings. The van der Waals surface area contributed by atoms with E-state index in [0.717, 1.165) is 24.6 Å². The Morgan fingerprint density at radius 2 is 1.90 bits per heavy atom. The van der Waals surface area contributed by atoms with Gasteiger partial charge in [0.25, 0.3) is 0 Å². The maximum atomic E-state index is 9.59. The number of rotatable bonds is 5. The van der Waals surface area contributed by atoms with Crippen LogP contribution in [0.15, 0.2) is 0 Å². The molecule has 0 aromatic carbocycles. The molecule has 1 aliphatic heterocycles. The van der Waals surface area contributed by atoms with E-state index in [4.69, 9.17) is 0 Å². The maximum Gasteiger partial charge on any atom is 0.150 e. The molecule has 0 fully saturated rings. The molecule has 1 N–H and O–H groups in total. The van der Waals surface area contributed by atoms with Gasteiger partial charge in [-0.25, -0.2) is 0 Å². The van der Waals surface area contributed by atoms with Crippen molar-refractivity contribution in [2.75, 3.05) is 13.6 Å². The van der Waals surface area contributed by atoms with E-state index in [9.17, 15) is 5.21 Å². The molecule has 1 aliphatic rings. The van der Waals surface area contributed by atoms with Crippen LogP contribution in [-0.4, -0.2) is 49.6 Å². The fourth-order valence-corrected chi connectivity index (χ4v) is 2.67. The minimum absolute atomic E-state index is 0.279. The Kier molecular flexibility index (Phi) is 4.78. The van der Waals surface area contributed by atoms with Gasteiger partial charge in [-0.15, -0.1) is 10.2 Å². The summed E-state index contributed by atoms with van der Waals surface area (Å²) in [5.74, 6) is 2.50. The van der Waals surface area contributed by atoms with E-state index >= 15 is 0 Å². The largest absolute Gasteiger partial charge is 0.313 e. The van der Waals surface area contributed by atoms with E-state index < -0.39 is 0 Å². The lowest BCUT2D eigenvalue weighted by molar-refractivity contribution is -0.113. The van der Waals surface area contributed by atoms with Crippen LogP contribution in [0.3, 0.4) is 0 Å². The van der Waals surface area contributed by atoms with Gasteiger partial charge in [0.1, 0.15) is 5.82 Å². The van der Waals surface area contributed by atoms with Crippen molar-refractivity contribution in [3.8, 4) is 0 Å². The van der Waals surface area contributed by atoms with Gasteiger partial charge in [0.05, 0.1) is 12.6 Å². The number of nitrogens with zero attached hydrogens (tertiary/aromatic N) is 5. The topological polar surface area (TPSA) is 57.4 Å². The number of aromatic nitrogens is 3. The molecule has 6 nitrogen and oxygen atoms in total. The summed E-state index contributed by atoms with van der Waals surface area (Å²) in [5, 5.41) is 19.6. The van der Waals surface area contributed by atoms with Crippen molar-refractivity contribution < 1.29 is 5.21 Å². The van der Waals surface area contributed by atoms with Gasteiger partial charge in [-0.1, -0.05) is 13.8 Å². The highest BCUT2D eigenvalue weighted by Gasteiger charge is 2.29. The van der Waals surface area contributed by atoms with Crippen LogP contribution in [0.1, 0.15) is 51.8 Å². The van der Waals surface area contributed by atoms with Gasteiger partial charge in [-0.2, -0.15) is 5.06 Å². The zero-order chi connectivity index (χ0) is 14.9. The van der Waals surface area contributed by atoms with E-state index in [2.05, 4.69) is 54.4 Å². The SMILES string of the molecule is CC(C)CC(c1nnc2n1CCN(O)C2)N(C)C(C)C. The van der Waals surface area contributed by atoms with Crippen LogP contribution >= 0.6 is 0 Å². The monoisotopic (exact) mass is 281 g/mol. The predicted octanol–water partition coefficient (Wildman–Crippen LogP) is 1.91. The first kappa shape index (κ1) is 15.4. The average Bonchev–Trinajstić information content (AvgIpc) is 2.77. The molecular weight excluding hydrogens is 254 g/mol. The number of hydrogen-bond acceptors (Lipinski definition) is 5. The molecule has 6 heteroatoms. The lowest BCUT2D eigenvalue weighted by Crippen LogP contribution is -2.36. The minimum atomic E-state index is 0.279. The molecule has 2 rings (SSSR count). The standard InChI is InChI=1S/C14H27N5O/c1-10(2)8-12(17(5)11(3)4)14-16-15-13-9-18(20)6-7-19(13)14/h10-12,20H,6-9H2,1-5H3. The molecule has 20 heavy (non-hydrogen) atoms. The Balaban J connectivity index is 2.29. The van der Waals surface area contributed by atoms with Crippen molar-refractivity contribution in [2.45, 2.75) is 59.3 Å². The summed E-state index contributed by atoms with van der Waals surface area (Å²) in [6.07, 6.45) is 1.07. The van der Waals surface area contributed by atoms with Gasteiger partial charge >= 0.3 is 0 Å². The molecule has 0 saturated carbocycles. The van der Waals surface area contributed by atoms with Gasteiger partial charge in [0.15, 0.2) is 5.82 Å². The Hall–Kier alpha value is -0.980. The molecule has 0 amide bonds. The van der Waals surface area contributed by atoms with Crippen LogP contribution in [0, 0.1) is 5.92 Å². The number of hydroxylamine groups is 2. The third kappa shape index (κ3) is 3.19. The van der Waals surface area contributed by atoms with Gasteiger partial charge in [-0.3, -0.25) is 4.90 Å². The van der Waals surface area contributed by atoms with Crippen molar-refractivity contribution >= 4 is 0 Å². The highest BCUT2D eigenvalue weighted by molar-refractivity contribution is 5.04. The molecule has 0 saturated heterocycles. The smallest absolute Gasteiger partial charge is 0.150 e. The normalized spacial score (nSPS) is 18.1. The Labute approximate surface area is 121 Å². The van der Waals surface area contributed by atoms with Crippen molar-refractivity contribution in [3.63, 3.8) is 0 Å². The first-order valence-electron chi connectivity index (χ1n) is 7.47. The minimum Gasteiger partial charge on any atom is -0.313 e. The Bertz CT molecular complexity index is 443. The zero-order valence-electron chi connectivity index (χ0n) is 13.2. The Morgan fingerprint density at radius 1 is 1.20 bits per heavy atom. The molecule has 0 spiro atoms. The third-order valence-electron chi connectivity index (χ3n) is 4.06. The zero-order valence-corrected chi connectivity index (χ0v) is 13.2. The highest BCUT2D eigenvalue weighted by atomic mass is 16.5. The summed E-state index contributed by atoms with van der Waals surface area (Å²) < 4.78 is 2.18. The summed E-state index contributed by atoms with van der Waals surface area (Å²) in [6, 6.07) is 0.742. The maximum absolute atomic E-state index is 9.59. The average molecular weight is 281 g/mol. The molecule has 1 aromatic heterocycles. The second kappa shape index (κ2) is 6.20. The van der Waals surface area contributed by atoms with Crippen LogP contribution in [-0.2, 0) is 13.1 Å². The van der Waals surface area contributed by atoms with Gasteiger partial charge in [-0.05, 0) is 33.2 Å². The lowest BCUT2D eigenvalue weighted by atomic mass is 10.0. The molecule has 2 heterocycles. The van der Waals surface area contributed by atoms with Gasteiger partial charge in [0, 0.05) is 19.1 Å². The quantitative estimate of drug-likeness (QED) is 0.893. The molecule has 0 bridgehead atoms. The summed E-state index contributed by atoms with van der Waals surface area (Å²) >= 11 is 0. The fourth-order valence-electron chi connectivity index (χ4n) is 2.67. The van der Waals surface area contributed by atoms with Gasteiger partial charge in [0.2, 0.25) is 0 Å². The molecule has 1 atom stereocenters. The van der Waals surface area contributed by atoms with Crippen LogP contribution in [0.4, 0.5) is 0 Å². The van der Waals surface area contributed by atoms with E-state index in [1.807, 2.05) is 0 Å². The van der Waals surface area contributed by atoms with Crippen molar-refractivity contribution in [3.05, 3.63) is 11.6 Å². The summed E-state index contributed by atoms with van der Waals surface area (Å²) in [7, 11) is 2.15. The van der Waals surface area contributed by atoms with Crippen molar-refractivity contribution in [2.24, 2.45) is 5.92 Å². The second-order valence-electron chi connectivity index (χ2n) is 6.42. The first-order chi connectivity index (χ1) is 9.40. The molecule has 1 unspecified atom stereocenters. The third-order valence-corrected chi connectivity index (χ3v) is 4.06. The van der Waals surface area contributed by atoms with Crippen LogP contribution in [0.25, 0.3) is 0 Å². The van der Waals surface area contributed by atoms with E-state index in [0.29, 0.717) is 25.0 Å². The van der Waals surface area contributed by atoms with E-state index in [1.54, 1.807) is 0 Å². The molecular formula is C14H27N5O. The summed E-state index contributed by atoms with van der Waals surface area (Å²) in [4.78, 5) is 2.36. The first-order valence-corrected chi connectivity index (χ1v) is 7.47. The predicted molar refractivity (Wildman–Crippen MR) is 77.3 cm³/mol. The number of hydrogen-bond donors (Lipinski definition) is 1. The van der Waals surface area contributed by atoms with Crippen molar-refractivity contribution in [1.29, 1.82) is 0 Å².